The molecule has 0 aliphatic rings. The predicted octanol–water partition coefficient (Wildman–Crippen LogP) is 5.65. The SMILES string of the molecule is COc1cccc2cc(-c3cc(C(=O)O)c4cc(C(C)(C)C)ccc4n3)oc12. The highest BCUT2D eigenvalue weighted by Gasteiger charge is 2.19. The number of benzene rings is 2. The maximum atomic E-state index is 12.0. The van der Waals surface area contributed by atoms with Crippen molar-refractivity contribution in [3.63, 3.8) is 0 Å². The molecule has 0 unspecified atom stereocenters. The van der Waals surface area contributed by atoms with Crippen LogP contribution in [-0.2, 0) is 5.41 Å². The quantitative estimate of drug-likeness (QED) is 0.501. The summed E-state index contributed by atoms with van der Waals surface area (Å²) in [5.41, 5.74) is 2.89. The molecule has 0 fully saturated rings. The minimum atomic E-state index is -0.992. The molecule has 4 aromatic rings. The fourth-order valence-electron chi connectivity index (χ4n) is 3.32. The third-order valence-electron chi connectivity index (χ3n) is 4.89. The number of carbonyl (C=O) groups is 1. The predicted molar refractivity (Wildman–Crippen MR) is 109 cm³/mol. The Labute approximate surface area is 162 Å². The molecule has 28 heavy (non-hydrogen) atoms. The second-order valence-electron chi connectivity index (χ2n) is 7.83. The molecule has 0 amide bonds. The zero-order valence-corrected chi connectivity index (χ0v) is 16.2. The first-order valence-corrected chi connectivity index (χ1v) is 9.03. The molecule has 0 radical (unpaired) electrons. The molecule has 0 spiro atoms. The summed E-state index contributed by atoms with van der Waals surface area (Å²) >= 11 is 0. The highest BCUT2D eigenvalue weighted by Crippen LogP contribution is 2.35. The number of furan rings is 1. The van der Waals surface area contributed by atoms with Gasteiger partial charge in [0.15, 0.2) is 17.1 Å². The molecule has 0 bridgehead atoms. The number of fused-ring (bicyclic) bond motifs is 2. The summed E-state index contributed by atoms with van der Waals surface area (Å²) in [6.45, 7) is 6.29. The number of rotatable bonds is 3. The van der Waals surface area contributed by atoms with Gasteiger partial charge in [-0.1, -0.05) is 39.0 Å². The Hall–Kier alpha value is -3.34. The van der Waals surface area contributed by atoms with Crippen molar-refractivity contribution in [2.24, 2.45) is 0 Å². The van der Waals surface area contributed by atoms with E-state index in [9.17, 15) is 9.90 Å². The van der Waals surface area contributed by atoms with E-state index in [4.69, 9.17) is 9.15 Å². The summed E-state index contributed by atoms with van der Waals surface area (Å²) in [4.78, 5) is 16.6. The van der Waals surface area contributed by atoms with Crippen molar-refractivity contribution >= 4 is 27.8 Å². The lowest BCUT2D eigenvalue weighted by atomic mass is 9.86. The number of carboxylic acids is 1. The van der Waals surface area contributed by atoms with Gasteiger partial charge in [-0.25, -0.2) is 9.78 Å². The standard InChI is InChI=1S/C23H21NO4/c1-23(2,3)14-8-9-17-15(11-14)16(22(25)26)12-18(24-17)20-10-13-6-5-7-19(27-4)21(13)28-20/h5-12H,1-4H3,(H,25,26). The van der Waals surface area contributed by atoms with E-state index in [0.29, 0.717) is 33.7 Å². The van der Waals surface area contributed by atoms with Crippen molar-refractivity contribution in [2.45, 2.75) is 26.2 Å². The minimum absolute atomic E-state index is 0.0854. The highest BCUT2D eigenvalue weighted by atomic mass is 16.5. The van der Waals surface area contributed by atoms with Crippen LogP contribution in [0.5, 0.6) is 5.75 Å². The smallest absolute Gasteiger partial charge is 0.336 e. The Balaban J connectivity index is 1.95. The largest absolute Gasteiger partial charge is 0.493 e. The van der Waals surface area contributed by atoms with Crippen LogP contribution in [0.25, 0.3) is 33.3 Å². The second kappa shape index (κ2) is 6.37. The average Bonchev–Trinajstić information content (AvgIpc) is 3.10. The van der Waals surface area contributed by atoms with Crippen LogP contribution in [0.4, 0.5) is 0 Å². The minimum Gasteiger partial charge on any atom is -0.493 e. The van der Waals surface area contributed by atoms with Gasteiger partial charge in [-0.2, -0.15) is 0 Å². The molecular formula is C23H21NO4. The van der Waals surface area contributed by atoms with E-state index in [0.717, 1.165) is 10.9 Å². The summed E-state index contributed by atoms with van der Waals surface area (Å²) in [5.74, 6) is 0.134. The summed E-state index contributed by atoms with van der Waals surface area (Å²) in [6.07, 6.45) is 0. The van der Waals surface area contributed by atoms with Crippen LogP contribution in [0.1, 0.15) is 36.7 Å². The van der Waals surface area contributed by atoms with E-state index < -0.39 is 5.97 Å². The van der Waals surface area contributed by atoms with Gasteiger partial charge in [-0.3, -0.25) is 0 Å². The van der Waals surface area contributed by atoms with Gasteiger partial charge < -0.3 is 14.3 Å². The van der Waals surface area contributed by atoms with Gasteiger partial charge in [0.1, 0.15) is 5.69 Å². The van der Waals surface area contributed by atoms with Gasteiger partial charge >= 0.3 is 5.97 Å². The number of methoxy groups -OCH3 is 1. The topological polar surface area (TPSA) is 72.6 Å². The first kappa shape index (κ1) is 18.0. The Bertz CT molecular complexity index is 1210. The van der Waals surface area contributed by atoms with E-state index in [1.165, 1.54) is 0 Å². The van der Waals surface area contributed by atoms with Crippen LogP contribution in [0.2, 0.25) is 0 Å². The third-order valence-corrected chi connectivity index (χ3v) is 4.89. The maximum Gasteiger partial charge on any atom is 0.336 e. The number of pyridine rings is 1. The Kier molecular flexibility index (Phi) is 4.11. The van der Waals surface area contributed by atoms with Crippen molar-refractivity contribution in [3.8, 4) is 17.2 Å². The van der Waals surface area contributed by atoms with E-state index in [1.807, 2.05) is 42.5 Å². The molecule has 0 saturated heterocycles. The molecule has 2 aromatic heterocycles. The fraction of sp³-hybridized carbons (Fsp3) is 0.217. The molecule has 5 nitrogen and oxygen atoms in total. The van der Waals surface area contributed by atoms with Crippen LogP contribution < -0.4 is 4.74 Å². The van der Waals surface area contributed by atoms with Crippen LogP contribution in [0.3, 0.4) is 0 Å². The Morgan fingerprint density at radius 3 is 2.57 bits per heavy atom. The van der Waals surface area contributed by atoms with E-state index in [-0.39, 0.29) is 11.0 Å². The third kappa shape index (κ3) is 2.99. The second-order valence-corrected chi connectivity index (χ2v) is 7.83. The summed E-state index contributed by atoms with van der Waals surface area (Å²) in [7, 11) is 1.58. The molecule has 142 valence electrons. The number of hydrogen-bond donors (Lipinski definition) is 1. The number of carboxylic acid groups (broad SMARTS) is 1. The molecule has 0 atom stereocenters. The molecule has 4 rings (SSSR count). The summed E-state index contributed by atoms with van der Waals surface area (Å²) in [6, 6.07) is 14.8. The van der Waals surface area contributed by atoms with Gasteiger partial charge in [0.25, 0.3) is 0 Å². The number of aromatic nitrogens is 1. The molecule has 2 heterocycles. The van der Waals surface area contributed by atoms with Gasteiger partial charge in [0.05, 0.1) is 18.2 Å². The molecule has 2 aromatic carbocycles. The van der Waals surface area contributed by atoms with E-state index in [2.05, 4.69) is 25.8 Å². The van der Waals surface area contributed by atoms with Crippen LogP contribution >= 0.6 is 0 Å². The monoisotopic (exact) mass is 375 g/mol. The lowest BCUT2D eigenvalue weighted by molar-refractivity contribution is 0.0699. The van der Waals surface area contributed by atoms with Crippen molar-refractivity contribution in [1.29, 1.82) is 0 Å². The van der Waals surface area contributed by atoms with Gasteiger partial charge in [0, 0.05) is 10.8 Å². The lowest BCUT2D eigenvalue weighted by Crippen LogP contribution is -2.11. The number of nitrogens with zero attached hydrogens (tertiary/aromatic N) is 1. The summed E-state index contributed by atoms with van der Waals surface area (Å²) in [5, 5.41) is 11.3. The zero-order chi connectivity index (χ0) is 20.1. The van der Waals surface area contributed by atoms with Crippen molar-refractivity contribution < 1.29 is 19.1 Å². The number of hydrogen-bond acceptors (Lipinski definition) is 4. The number of aromatic carboxylic acids is 1. The van der Waals surface area contributed by atoms with E-state index in [1.54, 1.807) is 13.2 Å². The average molecular weight is 375 g/mol. The van der Waals surface area contributed by atoms with Gasteiger partial charge in [0.2, 0.25) is 0 Å². The van der Waals surface area contributed by atoms with E-state index >= 15 is 0 Å². The summed E-state index contributed by atoms with van der Waals surface area (Å²) < 4.78 is 11.3. The van der Waals surface area contributed by atoms with Crippen molar-refractivity contribution in [1.82, 2.24) is 4.98 Å². The Morgan fingerprint density at radius 2 is 1.89 bits per heavy atom. The number of ether oxygens (including phenoxy) is 1. The molecular weight excluding hydrogens is 354 g/mol. The van der Waals surface area contributed by atoms with Crippen molar-refractivity contribution in [2.75, 3.05) is 7.11 Å². The lowest BCUT2D eigenvalue weighted by Gasteiger charge is -2.19. The molecule has 1 N–H and O–H groups in total. The molecule has 0 aliphatic carbocycles. The highest BCUT2D eigenvalue weighted by molar-refractivity contribution is 6.04. The first-order chi connectivity index (χ1) is 13.3. The first-order valence-electron chi connectivity index (χ1n) is 9.03. The van der Waals surface area contributed by atoms with Gasteiger partial charge in [-0.15, -0.1) is 0 Å². The number of para-hydroxylation sites is 1. The van der Waals surface area contributed by atoms with Crippen LogP contribution in [-0.4, -0.2) is 23.2 Å². The zero-order valence-electron chi connectivity index (χ0n) is 16.2. The molecule has 0 aliphatic heterocycles. The van der Waals surface area contributed by atoms with Crippen molar-refractivity contribution in [3.05, 3.63) is 59.7 Å². The Morgan fingerprint density at radius 1 is 1.11 bits per heavy atom. The fourth-order valence-corrected chi connectivity index (χ4v) is 3.32. The maximum absolute atomic E-state index is 12.0. The van der Waals surface area contributed by atoms with Crippen LogP contribution in [0, 0.1) is 0 Å². The molecule has 0 saturated carbocycles. The molecule has 5 heteroatoms. The van der Waals surface area contributed by atoms with Crippen LogP contribution in [0.15, 0.2) is 52.9 Å². The normalized spacial score (nSPS) is 11.9. The van der Waals surface area contributed by atoms with Gasteiger partial charge in [-0.05, 0) is 41.3 Å².